The second-order valence-electron chi connectivity index (χ2n) is 7.95. The van der Waals surface area contributed by atoms with E-state index < -0.39 is 29.6 Å². The highest BCUT2D eigenvalue weighted by Crippen LogP contribution is 2.30. The molecule has 2 amide bonds. The van der Waals surface area contributed by atoms with Crippen molar-refractivity contribution in [3.63, 3.8) is 0 Å². The number of benzene rings is 3. The molecule has 0 spiro atoms. The Balaban J connectivity index is 1.94. The Morgan fingerprint density at radius 2 is 1.35 bits per heavy atom. The zero-order valence-corrected chi connectivity index (χ0v) is 19.1. The Morgan fingerprint density at radius 3 is 1.82 bits per heavy atom. The molecule has 0 unspecified atom stereocenters. The van der Waals surface area contributed by atoms with Crippen LogP contribution in [0.1, 0.15) is 46.3 Å². The third-order valence-corrected chi connectivity index (χ3v) is 4.88. The third kappa shape index (κ3) is 6.10. The van der Waals surface area contributed by atoms with Crippen LogP contribution in [0, 0.1) is 17.6 Å². The van der Waals surface area contributed by atoms with Crippen LogP contribution in [0.4, 0.5) is 8.78 Å². The van der Waals surface area contributed by atoms with Gasteiger partial charge in [-0.3, -0.25) is 9.59 Å². The Hall–Kier alpha value is -3.94. The number of halogens is 2. The summed E-state index contributed by atoms with van der Waals surface area (Å²) in [5, 5.41) is 5.20. The SMILES string of the molecule is COc1cc(C(NC(=O)c2ccccc2F)NC(=O)c2ccccc2F)ccc1OCC(C)C. The second-order valence-corrected chi connectivity index (χ2v) is 7.95. The van der Waals surface area contributed by atoms with E-state index in [1.165, 1.54) is 43.5 Å². The number of hydrogen-bond donors (Lipinski definition) is 2. The Morgan fingerprint density at radius 1 is 0.824 bits per heavy atom. The predicted octanol–water partition coefficient (Wildman–Crippen LogP) is 4.87. The molecular formula is C26H26F2N2O4. The molecular weight excluding hydrogens is 442 g/mol. The summed E-state index contributed by atoms with van der Waals surface area (Å²) in [5.41, 5.74) is 0.0242. The molecule has 178 valence electrons. The van der Waals surface area contributed by atoms with Crippen LogP contribution in [0.25, 0.3) is 0 Å². The smallest absolute Gasteiger partial charge is 0.256 e. The van der Waals surface area contributed by atoms with Gasteiger partial charge in [-0.15, -0.1) is 0 Å². The van der Waals surface area contributed by atoms with Crippen molar-refractivity contribution >= 4 is 11.8 Å². The van der Waals surface area contributed by atoms with Gasteiger partial charge in [-0.25, -0.2) is 8.78 Å². The maximum atomic E-state index is 14.2. The average molecular weight is 469 g/mol. The highest BCUT2D eigenvalue weighted by atomic mass is 19.1. The largest absolute Gasteiger partial charge is 0.493 e. The van der Waals surface area contributed by atoms with Crippen LogP contribution in [0.2, 0.25) is 0 Å². The summed E-state index contributed by atoms with van der Waals surface area (Å²) in [6.07, 6.45) is -1.12. The minimum atomic E-state index is -1.12. The lowest BCUT2D eigenvalue weighted by Gasteiger charge is -2.22. The first kappa shape index (κ1) is 24.7. The summed E-state index contributed by atoms with van der Waals surface area (Å²) in [6.45, 7) is 4.48. The molecule has 3 aromatic rings. The number of carbonyl (C=O) groups excluding carboxylic acids is 2. The van der Waals surface area contributed by atoms with Gasteiger partial charge in [0, 0.05) is 0 Å². The molecule has 3 rings (SSSR count). The molecule has 0 aliphatic carbocycles. The van der Waals surface area contributed by atoms with Crippen molar-refractivity contribution < 1.29 is 27.8 Å². The maximum absolute atomic E-state index is 14.2. The first-order chi connectivity index (χ1) is 16.3. The molecule has 0 atom stereocenters. The minimum absolute atomic E-state index is 0.198. The fourth-order valence-corrected chi connectivity index (χ4v) is 3.15. The summed E-state index contributed by atoms with van der Waals surface area (Å²) >= 11 is 0. The van der Waals surface area contributed by atoms with E-state index in [-0.39, 0.29) is 17.0 Å². The van der Waals surface area contributed by atoms with Crippen LogP contribution in [-0.2, 0) is 0 Å². The van der Waals surface area contributed by atoms with E-state index in [4.69, 9.17) is 9.47 Å². The molecule has 8 heteroatoms. The van der Waals surface area contributed by atoms with E-state index in [1.54, 1.807) is 18.2 Å². The van der Waals surface area contributed by atoms with Gasteiger partial charge < -0.3 is 20.1 Å². The van der Waals surface area contributed by atoms with E-state index in [1.807, 2.05) is 13.8 Å². The van der Waals surface area contributed by atoms with Crippen LogP contribution in [-0.4, -0.2) is 25.5 Å². The molecule has 0 saturated heterocycles. The minimum Gasteiger partial charge on any atom is -0.493 e. The zero-order valence-electron chi connectivity index (χ0n) is 19.1. The topological polar surface area (TPSA) is 76.7 Å². The van der Waals surface area contributed by atoms with Crippen molar-refractivity contribution in [2.45, 2.75) is 20.0 Å². The van der Waals surface area contributed by atoms with Crippen LogP contribution in [0.15, 0.2) is 66.7 Å². The summed E-state index contributed by atoms with van der Waals surface area (Å²) < 4.78 is 39.5. The lowest BCUT2D eigenvalue weighted by Crippen LogP contribution is -2.41. The standard InChI is InChI=1S/C26H26F2N2O4/c1-16(2)15-34-22-13-12-17(14-23(22)33-3)24(29-25(31)18-8-4-6-10-20(18)27)30-26(32)19-9-5-7-11-21(19)28/h4-14,16,24H,15H2,1-3H3,(H,29,31)(H,30,32). The Kier molecular flexibility index (Phi) is 8.19. The molecule has 0 radical (unpaired) electrons. The molecule has 6 nitrogen and oxygen atoms in total. The van der Waals surface area contributed by atoms with Crippen LogP contribution < -0.4 is 20.1 Å². The number of hydrogen-bond acceptors (Lipinski definition) is 4. The van der Waals surface area contributed by atoms with Gasteiger partial charge in [-0.05, 0) is 47.9 Å². The fraction of sp³-hybridized carbons (Fsp3) is 0.231. The maximum Gasteiger partial charge on any atom is 0.256 e. The molecule has 0 fully saturated rings. The molecule has 0 bridgehead atoms. The van der Waals surface area contributed by atoms with E-state index >= 15 is 0 Å². The van der Waals surface area contributed by atoms with Crippen LogP contribution >= 0.6 is 0 Å². The molecule has 0 heterocycles. The monoisotopic (exact) mass is 468 g/mol. The lowest BCUT2D eigenvalue weighted by atomic mass is 10.1. The molecule has 3 aromatic carbocycles. The van der Waals surface area contributed by atoms with Gasteiger partial charge in [0.25, 0.3) is 11.8 Å². The zero-order chi connectivity index (χ0) is 24.7. The van der Waals surface area contributed by atoms with Gasteiger partial charge in [0.2, 0.25) is 0 Å². The first-order valence-corrected chi connectivity index (χ1v) is 10.7. The average Bonchev–Trinajstić information content (AvgIpc) is 2.82. The molecule has 0 aliphatic heterocycles. The number of amides is 2. The predicted molar refractivity (Wildman–Crippen MR) is 124 cm³/mol. The van der Waals surface area contributed by atoms with Crippen molar-refractivity contribution in [1.82, 2.24) is 10.6 Å². The summed E-state index contributed by atoms with van der Waals surface area (Å²) in [7, 11) is 1.46. The van der Waals surface area contributed by atoms with Crippen LogP contribution in [0.3, 0.4) is 0 Å². The fourth-order valence-electron chi connectivity index (χ4n) is 3.15. The van der Waals surface area contributed by atoms with Gasteiger partial charge in [0.05, 0.1) is 24.8 Å². The molecule has 2 N–H and O–H groups in total. The Bertz CT molecular complexity index is 1110. The van der Waals surface area contributed by atoms with Crippen molar-refractivity contribution in [2.75, 3.05) is 13.7 Å². The van der Waals surface area contributed by atoms with Gasteiger partial charge in [-0.1, -0.05) is 44.2 Å². The number of nitrogens with one attached hydrogen (secondary N) is 2. The number of rotatable bonds is 9. The number of methoxy groups -OCH3 is 1. The normalized spacial score (nSPS) is 10.8. The van der Waals surface area contributed by atoms with Crippen LogP contribution in [0.5, 0.6) is 11.5 Å². The molecule has 0 aromatic heterocycles. The molecule has 0 saturated carbocycles. The quantitative estimate of drug-likeness (QED) is 0.440. The van der Waals surface area contributed by atoms with Crippen molar-refractivity contribution in [1.29, 1.82) is 0 Å². The molecule has 0 aliphatic rings. The van der Waals surface area contributed by atoms with Crippen molar-refractivity contribution in [2.24, 2.45) is 5.92 Å². The van der Waals surface area contributed by atoms with Crippen molar-refractivity contribution in [3.05, 3.63) is 95.1 Å². The van der Waals surface area contributed by atoms with Gasteiger partial charge in [-0.2, -0.15) is 0 Å². The van der Waals surface area contributed by atoms with Crippen molar-refractivity contribution in [3.8, 4) is 11.5 Å². The highest BCUT2D eigenvalue weighted by Gasteiger charge is 2.23. The van der Waals surface area contributed by atoms with E-state index in [9.17, 15) is 18.4 Å². The van der Waals surface area contributed by atoms with Gasteiger partial charge >= 0.3 is 0 Å². The second kappa shape index (κ2) is 11.3. The molecule has 34 heavy (non-hydrogen) atoms. The summed E-state index contributed by atoms with van der Waals surface area (Å²) in [6, 6.07) is 15.8. The lowest BCUT2D eigenvalue weighted by molar-refractivity contribution is 0.0879. The highest BCUT2D eigenvalue weighted by molar-refractivity contribution is 5.97. The van der Waals surface area contributed by atoms with E-state index in [2.05, 4.69) is 10.6 Å². The number of ether oxygens (including phenoxy) is 2. The number of carbonyl (C=O) groups is 2. The van der Waals surface area contributed by atoms with E-state index in [0.717, 1.165) is 12.1 Å². The first-order valence-electron chi connectivity index (χ1n) is 10.7. The third-order valence-electron chi connectivity index (χ3n) is 4.88. The summed E-state index contributed by atoms with van der Waals surface area (Å²) in [4.78, 5) is 25.6. The van der Waals surface area contributed by atoms with E-state index in [0.29, 0.717) is 23.7 Å². The van der Waals surface area contributed by atoms with Gasteiger partial charge in [0.15, 0.2) is 11.5 Å². The Labute approximate surface area is 196 Å². The summed E-state index contributed by atoms with van der Waals surface area (Å²) in [5.74, 6) is -1.78. The van der Waals surface area contributed by atoms with Gasteiger partial charge in [0.1, 0.15) is 17.8 Å².